The van der Waals surface area contributed by atoms with Gasteiger partial charge in [-0.05, 0) is 51.0 Å². The number of ether oxygens (including phenoxy) is 1. The van der Waals surface area contributed by atoms with Crippen molar-refractivity contribution >= 4 is 17.2 Å². The van der Waals surface area contributed by atoms with Crippen molar-refractivity contribution in [2.75, 3.05) is 19.7 Å². The van der Waals surface area contributed by atoms with Crippen molar-refractivity contribution in [2.24, 2.45) is 13.0 Å². The summed E-state index contributed by atoms with van der Waals surface area (Å²) in [5.41, 5.74) is 1.27. The van der Waals surface area contributed by atoms with Crippen molar-refractivity contribution in [3.63, 3.8) is 0 Å². The van der Waals surface area contributed by atoms with E-state index in [0.29, 0.717) is 16.7 Å². The van der Waals surface area contributed by atoms with Crippen LogP contribution in [0.15, 0.2) is 6.20 Å². The number of amides is 1. The molecular weight excluding hydrogens is 467 g/mol. The van der Waals surface area contributed by atoms with E-state index in [9.17, 15) is 18.0 Å². The number of nitrogens with one attached hydrogen (secondary N) is 1. The maximum atomic E-state index is 13.6. The molecule has 0 unspecified atom stereocenters. The molecule has 0 radical (unpaired) electrons. The maximum Gasteiger partial charge on any atom is 0.278 e. The van der Waals surface area contributed by atoms with Gasteiger partial charge in [-0.1, -0.05) is 11.3 Å². The van der Waals surface area contributed by atoms with E-state index < -0.39 is 18.5 Å². The molecule has 1 aliphatic carbocycles. The van der Waals surface area contributed by atoms with Crippen LogP contribution < -0.4 is 10.1 Å². The van der Waals surface area contributed by atoms with Crippen molar-refractivity contribution in [2.45, 2.75) is 70.4 Å². The molecule has 2 aromatic heterocycles. The summed E-state index contributed by atoms with van der Waals surface area (Å²) in [6, 6.07) is 0.143. The monoisotopic (exact) mass is 499 g/mol. The first-order valence-corrected chi connectivity index (χ1v) is 12.6. The van der Waals surface area contributed by atoms with E-state index >= 15 is 0 Å². The Morgan fingerprint density at radius 2 is 2.09 bits per heavy atom. The average Bonchev–Trinajstić information content (AvgIpc) is 3.32. The third-order valence-corrected chi connectivity index (χ3v) is 7.58. The molecule has 0 spiro atoms. The van der Waals surface area contributed by atoms with Gasteiger partial charge < -0.3 is 10.1 Å². The summed E-state index contributed by atoms with van der Waals surface area (Å²) in [5.74, 6) is -2.99. The molecule has 0 saturated heterocycles. The van der Waals surface area contributed by atoms with Gasteiger partial charge in [-0.15, -0.1) is 5.10 Å². The standard InChI is InChI=1S/C23H32F3N5O2S/c1-23(25,26)14-33-22-28-18-13-31(10-8-19(18)34-22)9-7-15-3-5-17(6-4-15)27-20(32)11-16-12-30(2)29-21(16)24/h12,15,17H,3-11,13-14H2,1-2H3,(H,27,32). The lowest BCUT2D eigenvalue weighted by atomic mass is 9.84. The molecule has 0 atom stereocenters. The zero-order chi connectivity index (χ0) is 24.3. The smallest absolute Gasteiger partial charge is 0.278 e. The average molecular weight is 500 g/mol. The Morgan fingerprint density at radius 1 is 1.32 bits per heavy atom. The number of hydrogen-bond donors (Lipinski definition) is 1. The molecule has 1 amide bonds. The van der Waals surface area contributed by atoms with Gasteiger partial charge in [-0.3, -0.25) is 14.4 Å². The molecule has 34 heavy (non-hydrogen) atoms. The summed E-state index contributed by atoms with van der Waals surface area (Å²) in [6.45, 7) is 2.84. The third-order valence-electron chi connectivity index (χ3n) is 6.51. The molecule has 3 heterocycles. The van der Waals surface area contributed by atoms with Crippen LogP contribution in [0.1, 0.15) is 55.2 Å². The van der Waals surface area contributed by atoms with E-state index in [1.807, 2.05) is 0 Å². The van der Waals surface area contributed by atoms with Gasteiger partial charge in [-0.25, -0.2) is 13.8 Å². The molecule has 0 bridgehead atoms. The third kappa shape index (κ3) is 6.94. The Labute approximate surface area is 201 Å². The van der Waals surface area contributed by atoms with E-state index in [1.165, 1.54) is 16.0 Å². The lowest BCUT2D eigenvalue weighted by molar-refractivity contribution is -0.121. The summed E-state index contributed by atoms with van der Waals surface area (Å²) in [6.07, 6.45) is 7.51. The minimum absolute atomic E-state index is 0.0147. The number of aromatic nitrogens is 3. The van der Waals surface area contributed by atoms with Crippen LogP contribution in [0.2, 0.25) is 0 Å². The van der Waals surface area contributed by atoms with Gasteiger partial charge in [0, 0.05) is 49.7 Å². The highest BCUT2D eigenvalue weighted by Gasteiger charge is 2.27. The predicted molar refractivity (Wildman–Crippen MR) is 123 cm³/mol. The summed E-state index contributed by atoms with van der Waals surface area (Å²) in [5, 5.41) is 7.02. The highest BCUT2D eigenvalue weighted by molar-refractivity contribution is 7.13. The zero-order valence-electron chi connectivity index (χ0n) is 19.7. The number of halogens is 3. The van der Waals surface area contributed by atoms with Gasteiger partial charge >= 0.3 is 0 Å². The largest absolute Gasteiger partial charge is 0.464 e. The van der Waals surface area contributed by atoms with E-state index in [1.54, 1.807) is 13.2 Å². The van der Waals surface area contributed by atoms with Gasteiger partial charge in [0.25, 0.3) is 11.1 Å². The Morgan fingerprint density at radius 3 is 2.76 bits per heavy atom. The number of thiazole rings is 1. The molecule has 1 aliphatic heterocycles. The van der Waals surface area contributed by atoms with Crippen molar-refractivity contribution in [3.8, 4) is 5.19 Å². The SMILES string of the molecule is Cn1cc(CC(=O)NC2CCC(CCN3CCc4sc(OCC(C)(F)F)nc4C3)CC2)c(F)n1. The van der Waals surface area contributed by atoms with Crippen LogP contribution in [0, 0.1) is 11.9 Å². The molecular formula is C23H32F3N5O2S. The summed E-state index contributed by atoms with van der Waals surface area (Å²) in [7, 11) is 1.63. The first kappa shape index (κ1) is 25.0. The van der Waals surface area contributed by atoms with Crippen LogP contribution in [0.5, 0.6) is 5.19 Å². The highest BCUT2D eigenvalue weighted by atomic mass is 32.1. The highest BCUT2D eigenvalue weighted by Crippen LogP contribution is 2.32. The second-order valence-corrected chi connectivity index (χ2v) is 10.7. The fraction of sp³-hybridized carbons (Fsp3) is 0.696. The minimum Gasteiger partial charge on any atom is -0.464 e. The van der Waals surface area contributed by atoms with Crippen LogP contribution in [-0.2, 0) is 31.2 Å². The minimum atomic E-state index is -2.86. The van der Waals surface area contributed by atoms with Crippen molar-refractivity contribution < 1.29 is 22.7 Å². The summed E-state index contributed by atoms with van der Waals surface area (Å²) in [4.78, 5) is 20.2. The number of hydrogen-bond acceptors (Lipinski definition) is 6. The Bertz CT molecular complexity index is 982. The Kier molecular flexibility index (Phi) is 7.81. The molecule has 2 aliphatic rings. The summed E-state index contributed by atoms with van der Waals surface area (Å²) >= 11 is 1.38. The number of rotatable bonds is 9. The number of nitrogens with zero attached hydrogens (tertiary/aromatic N) is 4. The first-order valence-electron chi connectivity index (χ1n) is 11.8. The van der Waals surface area contributed by atoms with E-state index in [2.05, 4.69) is 20.3 Å². The second kappa shape index (κ2) is 10.6. The Hall–Kier alpha value is -2.14. The van der Waals surface area contributed by atoms with E-state index in [-0.39, 0.29) is 18.4 Å². The number of alkyl halides is 2. The van der Waals surface area contributed by atoms with Crippen molar-refractivity contribution in [3.05, 3.63) is 28.3 Å². The lowest BCUT2D eigenvalue weighted by Crippen LogP contribution is -2.39. The number of fused-ring (bicyclic) bond motifs is 1. The quantitative estimate of drug-likeness (QED) is 0.570. The normalized spacial score (nSPS) is 21.3. The topological polar surface area (TPSA) is 72.3 Å². The van der Waals surface area contributed by atoms with Crippen LogP contribution in [-0.4, -0.2) is 57.2 Å². The van der Waals surface area contributed by atoms with Crippen LogP contribution in [0.25, 0.3) is 0 Å². The Balaban J connectivity index is 1.15. The van der Waals surface area contributed by atoms with E-state index in [4.69, 9.17) is 4.74 Å². The van der Waals surface area contributed by atoms with Gasteiger partial charge in [0.1, 0.15) is 0 Å². The van der Waals surface area contributed by atoms with Crippen molar-refractivity contribution in [1.82, 2.24) is 25.0 Å². The van der Waals surface area contributed by atoms with E-state index in [0.717, 1.165) is 75.7 Å². The number of carbonyl (C=O) groups is 1. The fourth-order valence-electron chi connectivity index (χ4n) is 4.71. The summed E-state index contributed by atoms with van der Waals surface area (Å²) < 4.78 is 46.3. The lowest BCUT2D eigenvalue weighted by Gasteiger charge is -2.32. The maximum absolute atomic E-state index is 13.6. The van der Waals surface area contributed by atoms with Crippen LogP contribution in [0.4, 0.5) is 13.2 Å². The molecule has 1 N–H and O–H groups in total. The predicted octanol–water partition coefficient (Wildman–Crippen LogP) is 3.72. The van der Waals surface area contributed by atoms with Crippen molar-refractivity contribution in [1.29, 1.82) is 0 Å². The molecule has 11 heteroatoms. The zero-order valence-corrected chi connectivity index (χ0v) is 20.5. The van der Waals surface area contributed by atoms with Gasteiger partial charge in [-0.2, -0.15) is 4.39 Å². The molecule has 188 valence electrons. The van der Waals surface area contributed by atoms with Gasteiger partial charge in [0.2, 0.25) is 11.9 Å². The molecule has 7 nitrogen and oxygen atoms in total. The van der Waals surface area contributed by atoms with Crippen LogP contribution in [0.3, 0.4) is 0 Å². The molecule has 0 aromatic carbocycles. The number of carbonyl (C=O) groups excluding carboxylic acids is 1. The van der Waals surface area contributed by atoms with Gasteiger partial charge in [0.05, 0.1) is 12.1 Å². The fourth-order valence-corrected chi connectivity index (χ4v) is 5.62. The first-order chi connectivity index (χ1) is 16.1. The van der Waals surface area contributed by atoms with Gasteiger partial charge in [0.15, 0.2) is 6.61 Å². The van der Waals surface area contributed by atoms with Crippen LogP contribution >= 0.6 is 11.3 Å². The number of aryl methyl sites for hydroxylation is 1. The molecule has 1 fully saturated rings. The molecule has 4 rings (SSSR count). The second-order valence-electron chi connectivity index (χ2n) is 9.60. The molecule has 2 aromatic rings. The molecule has 1 saturated carbocycles.